The summed E-state index contributed by atoms with van der Waals surface area (Å²) in [5, 5.41) is 0.796. The second kappa shape index (κ2) is 9.77. The molecule has 2 aliphatic rings. The Morgan fingerprint density at radius 2 is 1.76 bits per heavy atom. The van der Waals surface area contributed by atoms with Crippen LogP contribution in [0.2, 0.25) is 0 Å². The molecule has 2 saturated heterocycles. The lowest BCUT2D eigenvalue weighted by molar-refractivity contribution is 0.0519. The Balaban J connectivity index is 1.30. The Bertz CT molecular complexity index is 1490. The second-order valence-corrected chi connectivity index (χ2v) is 11.9. The van der Waals surface area contributed by atoms with Gasteiger partial charge in [0.25, 0.3) is 5.91 Å². The maximum Gasteiger partial charge on any atom is 0.343 e. The van der Waals surface area contributed by atoms with Gasteiger partial charge in [0, 0.05) is 31.6 Å². The summed E-state index contributed by atoms with van der Waals surface area (Å²) in [6, 6.07) is 7.22. The molecular weight excluding hydrogens is 512 g/mol. The summed E-state index contributed by atoms with van der Waals surface area (Å²) < 4.78 is 50.6. The molecule has 0 bridgehead atoms. The SMILES string of the molecule is CCOC(=O)c1c(C)oc(C)c1S(=O)(=O)N1CCC2(CCN(C(=O)c3cc4cccc(OC)c4o3)CC2)C1. The van der Waals surface area contributed by atoms with Gasteiger partial charge in [0.05, 0.1) is 13.7 Å². The van der Waals surface area contributed by atoms with E-state index in [1.54, 1.807) is 44.9 Å². The van der Waals surface area contributed by atoms with E-state index in [4.69, 9.17) is 18.3 Å². The lowest BCUT2D eigenvalue weighted by atomic mass is 9.78. The Kier molecular flexibility index (Phi) is 6.77. The van der Waals surface area contributed by atoms with E-state index in [9.17, 15) is 18.0 Å². The molecule has 0 radical (unpaired) electrons. The zero-order valence-corrected chi connectivity index (χ0v) is 22.9. The molecule has 11 heteroatoms. The van der Waals surface area contributed by atoms with Crippen molar-refractivity contribution in [3.05, 3.63) is 47.1 Å². The number of methoxy groups -OCH3 is 1. The fraction of sp³-hybridized carbons (Fsp3) is 0.481. The number of likely N-dealkylation sites (tertiary alicyclic amines) is 1. The van der Waals surface area contributed by atoms with Gasteiger partial charge >= 0.3 is 5.97 Å². The largest absolute Gasteiger partial charge is 0.493 e. The fourth-order valence-corrected chi connectivity index (χ4v) is 7.62. The van der Waals surface area contributed by atoms with E-state index in [1.165, 1.54) is 4.31 Å². The van der Waals surface area contributed by atoms with Gasteiger partial charge in [-0.2, -0.15) is 4.31 Å². The highest BCUT2D eigenvalue weighted by Crippen LogP contribution is 2.43. The monoisotopic (exact) mass is 544 g/mol. The smallest absolute Gasteiger partial charge is 0.343 e. The lowest BCUT2D eigenvalue weighted by Gasteiger charge is -2.39. The van der Waals surface area contributed by atoms with E-state index in [0.717, 1.165) is 5.39 Å². The highest BCUT2D eigenvalue weighted by Gasteiger charge is 2.47. The molecule has 1 spiro atoms. The average Bonchev–Trinajstić information content (AvgIpc) is 3.59. The molecule has 0 saturated carbocycles. The predicted molar refractivity (Wildman–Crippen MR) is 138 cm³/mol. The number of esters is 1. The molecule has 2 aliphatic heterocycles. The third-order valence-corrected chi connectivity index (χ3v) is 9.73. The fourth-order valence-electron chi connectivity index (χ4n) is 5.69. The van der Waals surface area contributed by atoms with Gasteiger partial charge in [-0.05, 0) is 57.6 Å². The summed E-state index contributed by atoms with van der Waals surface area (Å²) in [6.45, 7) is 6.57. The predicted octanol–water partition coefficient (Wildman–Crippen LogP) is 4.14. The molecule has 2 aromatic heterocycles. The number of para-hydroxylation sites is 1. The van der Waals surface area contributed by atoms with Gasteiger partial charge in [0.1, 0.15) is 22.0 Å². The van der Waals surface area contributed by atoms with Crippen molar-refractivity contribution in [2.75, 3.05) is 39.9 Å². The maximum atomic E-state index is 13.7. The van der Waals surface area contributed by atoms with Crippen LogP contribution in [0.4, 0.5) is 0 Å². The van der Waals surface area contributed by atoms with Crippen LogP contribution in [-0.2, 0) is 14.8 Å². The van der Waals surface area contributed by atoms with Gasteiger partial charge in [0.2, 0.25) is 10.0 Å². The Labute approximate surface area is 221 Å². The number of benzene rings is 1. The van der Waals surface area contributed by atoms with Crippen molar-refractivity contribution >= 4 is 32.9 Å². The highest BCUT2D eigenvalue weighted by atomic mass is 32.2. The van der Waals surface area contributed by atoms with Crippen molar-refractivity contribution in [3.8, 4) is 5.75 Å². The zero-order valence-electron chi connectivity index (χ0n) is 22.0. The normalized spacial score (nSPS) is 17.8. The number of carbonyl (C=O) groups excluding carboxylic acids is 2. The molecule has 38 heavy (non-hydrogen) atoms. The molecule has 4 heterocycles. The van der Waals surface area contributed by atoms with Gasteiger partial charge in [-0.25, -0.2) is 13.2 Å². The first kappa shape index (κ1) is 26.3. The standard InChI is InChI=1S/C27H32N2O8S/c1-5-35-26(31)22-17(2)36-18(3)24(22)38(32,33)29-14-11-27(16-29)9-12-28(13-10-27)25(30)21-15-19-7-6-8-20(34-4)23(19)37-21/h6-8,15H,5,9-14,16H2,1-4H3. The van der Waals surface area contributed by atoms with E-state index in [1.807, 2.05) is 12.1 Å². The van der Waals surface area contributed by atoms with Crippen LogP contribution < -0.4 is 4.74 Å². The first-order chi connectivity index (χ1) is 18.1. The first-order valence-corrected chi connectivity index (χ1v) is 14.2. The molecule has 0 unspecified atom stereocenters. The number of sulfonamides is 1. The van der Waals surface area contributed by atoms with Crippen LogP contribution in [0.5, 0.6) is 5.75 Å². The first-order valence-electron chi connectivity index (χ1n) is 12.7. The molecular formula is C27H32N2O8S. The van der Waals surface area contributed by atoms with Crippen molar-refractivity contribution < 1.29 is 36.3 Å². The number of hydrogen-bond donors (Lipinski definition) is 0. The number of rotatable bonds is 6. The van der Waals surface area contributed by atoms with E-state index < -0.39 is 16.0 Å². The summed E-state index contributed by atoms with van der Waals surface area (Å²) >= 11 is 0. The Morgan fingerprint density at radius 1 is 1.05 bits per heavy atom. The number of fused-ring (bicyclic) bond motifs is 1. The summed E-state index contributed by atoms with van der Waals surface area (Å²) in [4.78, 5) is 27.4. The zero-order chi connectivity index (χ0) is 27.2. The van der Waals surface area contributed by atoms with Gasteiger partial charge in [-0.3, -0.25) is 4.79 Å². The second-order valence-electron chi connectivity index (χ2n) is 10.0. The van der Waals surface area contributed by atoms with E-state index >= 15 is 0 Å². The van der Waals surface area contributed by atoms with Gasteiger partial charge in [0.15, 0.2) is 17.1 Å². The molecule has 1 amide bonds. The summed E-state index contributed by atoms with van der Waals surface area (Å²) in [6.07, 6.45) is 2.02. The van der Waals surface area contributed by atoms with Crippen LogP contribution in [0.25, 0.3) is 11.0 Å². The van der Waals surface area contributed by atoms with Crippen molar-refractivity contribution in [1.82, 2.24) is 9.21 Å². The maximum absolute atomic E-state index is 13.7. The van der Waals surface area contributed by atoms with Gasteiger partial charge in [-0.15, -0.1) is 0 Å². The van der Waals surface area contributed by atoms with Crippen LogP contribution in [-0.4, -0.2) is 69.4 Å². The van der Waals surface area contributed by atoms with Crippen LogP contribution in [0.3, 0.4) is 0 Å². The lowest BCUT2D eigenvalue weighted by Crippen LogP contribution is -2.44. The minimum atomic E-state index is -3.98. The van der Waals surface area contributed by atoms with E-state index in [0.29, 0.717) is 56.8 Å². The van der Waals surface area contributed by atoms with Crippen LogP contribution in [0.1, 0.15) is 58.6 Å². The molecule has 5 rings (SSSR count). The number of amides is 1. The van der Waals surface area contributed by atoms with E-state index in [2.05, 4.69) is 0 Å². The topological polar surface area (TPSA) is 120 Å². The molecule has 0 aliphatic carbocycles. The number of hydrogen-bond acceptors (Lipinski definition) is 8. The molecule has 0 atom stereocenters. The molecule has 0 N–H and O–H groups in total. The van der Waals surface area contributed by atoms with Crippen molar-refractivity contribution in [2.24, 2.45) is 5.41 Å². The number of aryl methyl sites for hydroxylation is 2. The van der Waals surface area contributed by atoms with Gasteiger partial charge in [-0.1, -0.05) is 12.1 Å². The molecule has 1 aromatic carbocycles. The van der Waals surface area contributed by atoms with Gasteiger partial charge < -0.3 is 23.2 Å². The molecule has 10 nitrogen and oxygen atoms in total. The summed E-state index contributed by atoms with van der Waals surface area (Å²) in [5.74, 6) is 0.334. The number of nitrogens with zero attached hydrogens (tertiary/aromatic N) is 2. The molecule has 2 fully saturated rings. The minimum absolute atomic E-state index is 0.0341. The van der Waals surface area contributed by atoms with Crippen molar-refractivity contribution in [3.63, 3.8) is 0 Å². The minimum Gasteiger partial charge on any atom is -0.493 e. The third kappa shape index (κ3) is 4.37. The van der Waals surface area contributed by atoms with Crippen molar-refractivity contribution in [2.45, 2.75) is 44.9 Å². The quantitative estimate of drug-likeness (QED) is 0.425. The summed E-state index contributed by atoms with van der Waals surface area (Å²) in [7, 11) is -2.42. The molecule has 3 aromatic rings. The summed E-state index contributed by atoms with van der Waals surface area (Å²) in [5.41, 5.74) is 0.265. The Hall–Kier alpha value is -3.31. The Morgan fingerprint density at radius 3 is 2.45 bits per heavy atom. The average molecular weight is 545 g/mol. The number of ether oxygens (including phenoxy) is 2. The van der Waals surface area contributed by atoms with E-state index in [-0.39, 0.29) is 45.7 Å². The van der Waals surface area contributed by atoms with Crippen LogP contribution in [0.15, 0.2) is 38.0 Å². The highest BCUT2D eigenvalue weighted by molar-refractivity contribution is 7.89. The molecule has 204 valence electrons. The van der Waals surface area contributed by atoms with Crippen LogP contribution >= 0.6 is 0 Å². The van der Waals surface area contributed by atoms with Crippen molar-refractivity contribution in [1.29, 1.82) is 0 Å². The number of carbonyl (C=O) groups is 2. The van der Waals surface area contributed by atoms with Crippen LogP contribution in [0, 0.1) is 19.3 Å². The third-order valence-electron chi connectivity index (χ3n) is 7.74. The number of furan rings is 2. The number of piperidine rings is 1.